The number of rotatable bonds is 5. The molecule has 27 heavy (non-hydrogen) atoms. The molecule has 0 radical (unpaired) electrons. The highest BCUT2D eigenvalue weighted by molar-refractivity contribution is 7.92. The molecular weight excluding hydrogens is 368 g/mol. The Morgan fingerprint density at radius 2 is 1.70 bits per heavy atom. The number of carbonyl (C=O) groups excluding carboxylic acids is 3. The number of nitrogens with one attached hydrogen (secondary N) is 1. The number of Topliss-reactive ketones (excluding diaryl/α,β-unsaturated/α-hetero) is 1. The van der Waals surface area contributed by atoms with Crippen molar-refractivity contribution in [1.82, 2.24) is 0 Å². The van der Waals surface area contributed by atoms with Gasteiger partial charge in [-0.1, -0.05) is 12.1 Å². The molecule has 2 amide bonds. The van der Waals surface area contributed by atoms with E-state index in [-0.39, 0.29) is 41.0 Å². The van der Waals surface area contributed by atoms with Crippen molar-refractivity contribution in [3.63, 3.8) is 0 Å². The number of sulfonamides is 1. The maximum atomic E-state index is 12.7. The van der Waals surface area contributed by atoms with Gasteiger partial charge in [0.15, 0.2) is 5.78 Å². The number of hydrogen-bond donors (Lipinski definition) is 1. The van der Waals surface area contributed by atoms with Crippen LogP contribution in [0.2, 0.25) is 0 Å². The third-order valence-electron chi connectivity index (χ3n) is 4.29. The van der Waals surface area contributed by atoms with Crippen LogP contribution in [0, 0.1) is 6.92 Å². The van der Waals surface area contributed by atoms with Gasteiger partial charge in [-0.3, -0.25) is 24.0 Å². The van der Waals surface area contributed by atoms with E-state index in [1.165, 1.54) is 31.2 Å². The molecule has 8 heteroatoms. The average molecular weight is 386 g/mol. The maximum Gasteiger partial charge on any atom is 0.261 e. The Labute approximate surface area is 157 Å². The summed E-state index contributed by atoms with van der Waals surface area (Å²) in [5.74, 6) is -0.757. The largest absolute Gasteiger partial charge is 0.295 e. The lowest BCUT2D eigenvalue weighted by molar-refractivity contribution is -0.121. The van der Waals surface area contributed by atoms with Crippen molar-refractivity contribution >= 4 is 39.0 Å². The first-order chi connectivity index (χ1) is 12.7. The number of amides is 2. The normalized spacial score (nSPS) is 14.5. The highest BCUT2D eigenvalue weighted by Crippen LogP contribution is 2.28. The molecule has 0 unspecified atom stereocenters. The third kappa shape index (κ3) is 3.75. The van der Waals surface area contributed by atoms with Crippen molar-refractivity contribution in [2.45, 2.75) is 31.6 Å². The minimum absolute atomic E-state index is 0.00364. The lowest BCUT2D eigenvalue weighted by Crippen LogP contribution is -2.29. The Kier molecular flexibility index (Phi) is 4.84. The predicted octanol–water partition coefficient (Wildman–Crippen LogP) is 2.65. The minimum Gasteiger partial charge on any atom is -0.295 e. The van der Waals surface area contributed by atoms with Crippen molar-refractivity contribution in [3.8, 4) is 0 Å². The monoisotopic (exact) mass is 386 g/mol. The van der Waals surface area contributed by atoms with Gasteiger partial charge in [-0.2, -0.15) is 0 Å². The van der Waals surface area contributed by atoms with E-state index in [1.54, 1.807) is 25.1 Å². The van der Waals surface area contributed by atoms with Crippen LogP contribution in [-0.2, 0) is 19.6 Å². The van der Waals surface area contributed by atoms with Gasteiger partial charge < -0.3 is 0 Å². The minimum atomic E-state index is -3.90. The fourth-order valence-electron chi connectivity index (χ4n) is 2.91. The van der Waals surface area contributed by atoms with Crippen molar-refractivity contribution in [1.29, 1.82) is 0 Å². The number of imide groups is 1. The maximum absolute atomic E-state index is 12.7. The Balaban J connectivity index is 1.90. The van der Waals surface area contributed by atoms with Gasteiger partial charge >= 0.3 is 0 Å². The van der Waals surface area contributed by atoms with Gasteiger partial charge in [0.05, 0.1) is 10.6 Å². The molecule has 0 bridgehead atoms. The number of carbonyl (C=O) groups is 3. The van der Waals surface area contributed by atoms with Crippen LogP contribution in [0.4, 0.5) is 11.4 Å². The number of ketones is 1. The summed E-state index contributed by atoms with van der Waals surface area (Å²) in [7, 11) is -3.90. The van der Waals surface area contributed by atoms with E-state index in [2.05, 4.69) is 4.72 Å². The second kappa shape index (κ2) is 6.96. The second-order valence-electron chi connectivity index (χ2n) is 6.31. The summed E-state index contributed by atoms with van der Waals surface area (Å²) in [4.78, 5) is 36.3. The SMILES string of the molecule is CC(=O)c1cccc(NS(=O)(=O)c2ccc(N3C(=O)CCC3=O)c(C)c2)c1. The molecule has 0 spiro atoms. The molecule has 0 atom stereocenters. The summed E-state index contributed by atoms with van der Waals surface area (Å²) in [5.41, 5.74) is 1.56. The van der Waals surface area contributed by atoms with Gasteiger partial charge in [-0.05, 0) is 49.7 Å². The zero-order chi connectivity index (χ0) is 19.8. The van der Waals surface area contributed by atoms with Gasteiger partial charge in [0, 0.05) is 24.1 Å². The Morgan fingerprint density at radius 3 is 2.30 bits per heavy atom. The third-order valence-corrected chi connectivity index (χ3v) is 5.67. The Hall–Kier alpha value is -3.00. The molecule has 1 aliphatic rings. The van der Waals surface area contributed by atoms with E-state index in [4.69, 9.17) is 0 Å². The van der Waals surface area contributed by atoms with E-state index in [1.807, 2.05) is 0 Å². The molecule has 1 aliphatic heterocycles. The number of benzene rings is 2. The topological polar surface area (TPSA) is 101 Å². The number of anilines is 2. The Morgan fingerprint density at radius 1 is 1.04 bits per heavy atom. The van der Waals surface area contributed by atoms with Crippen LogP contribution in [0.15, 0.2) is 47.4 Å². The summed E-state index contributed by atoms with van der Waals surface area (Å²) in [5, 5.41) is 0. The number of aryl methyl sites for hydroxylation is 1. The molecule has 0 saturated carbocycles. The van der Waals surface area contributed by atoms with E-state index < -0.39 is 10.0 Å². The van der Waals surface area contributed by atoms with Gasteiger partial charge in [0.1, 0.15) is 0 Å². The molecule has 3 rings (SSSR count). The van der Waals surface area contributed by atoms with Crippen LogP contribution in [0.3, 0.4) is 0 Å². The van der Waals surface area contributed by atoms with Crippen molar-refractivity contribution in [3.05, 3.63) is 53.6 Å². The first-order valence-electron chi connectivity index (χ1n) is 8.29. The zero-order valence-corrected chi connectivity index (χ0v) is 15.7. The van der Waals surface area contributed by atoms with E-state index in [0.717, 1.165) is 4.90 Å². The first kappa shape index (κ1) is 18.8. The smallest absolute Gasteiger partial charge is 0.261 e. The molecule has 1 fully saturated rings. The molecule has 2 aromatic rings. The molecule has 0 aromatic heterocycles. The second-order valence-corrected chi connectivity index (χ2v) is 8.00. The average Bonchev–Trinajstić information content (AvgIpc) is 2.93. The van der Waals surface area contributed by atoms with Crippen LogP contribution < -0.4 is 9.62 Å². The molecule has 1 saturated heterocycles. The van der Waals surface area contributed by atoms with Crippen molar-refractivity contribution < 1.29 is 22.8 Å². The molecule has 2 aromatic carbocycles. The van der Waals surface area contributed by atoms with Gasteiger partial charge in [-0.15, -0.1) is 0 Å². The lowest BCUT2D eigenvalue weighted by Gasteiger charge is -2.17. The van der Waals surface area contributed by atoms with Gasteiger partial charge in [0.2, 0.25) is 11.8 Å². The van der Waals surface area contributed by atoms with Crippen molar-refractivity contribution in [2.24, 2.45) is 0 Å². The van der Waals surface area contributed by atoms with E-state index in [0.29, 0.717) is 16.8 Å². The molecule has 1 N–H and O–H groups in total. The lowest BCUT2D eigenvalue weighted by atomic mass is 10.1. The molecule has 7 nitrogen and oxygen atoms in total. The summed E-state index contributed by atoms with van der Waals surface area (Å²) in [6.07, 6.45) is 0.318. The van der Waals surface area contributed by atoms with Crippen LogP contribution in [0.1, 0.15) is 35.7 Å². The Bertz CT molecular complexity index is 1040. The molecule has 0 aliphatic carbocycles. The summed E-state index contributed by atoms with van der Waals surface area (Å²) in [6.45, 7) is 3.04. The van der Waals surface area contributed by atoms with Crippen LogP contribution in [-0.4, -0.2) is 26.0 Å². The van der Waals surface area contributed by atoms with Crippen LogP contribution >= 0.6 is 0 Å². The number of nitrogens with zero attached hydrogens (tertiary/aromatic N) is 1. The van der Waals surface area contributed by atoms with E-state index >= 15 is 0 Å². The first-order valence-corrected chi connectivity index (χ1v) is 9.77. The zero-order valence-electron chi connectivity index (χ0n) is 14.9. The van der Waals surface area contributed by atoms with Gasteiger partial charge in [-0.25, -0.2) is 8.42 Å². The fourth-order valence-corrected chi connectivity index (χ4v) is 4.04. The van der Waals surface area contributed by atoms with Crippen LogP contribution in [0.25, 0.3) is 0 Å². The number of hydrogen-bond acceptors (Lipinski definition) is 5. The summed E-state index contributed by atoms with van der Waals surface area (Å²) < 4.78 is 27.7. The highest BCUT2D eigenvalue weighted by atomic mass is 32.2. The standard InChI is InChI=1S/C19H18N2O5S/c1-12-10-16(6-7-17(12)21-18(23)8-9-19(21)24)27(25,26)20-15-5-3-4-14(11-15)13(2)22/h3-7,10-11,20H,8-9H2,1-2H3. The molecular formula is C19H18N2O5S. The molecule has 1 heterocycles. The fraction of sp³-hybridized carbons (Fsp3) is 0.211. The summed E-state index contributed by atoms with van der Waals surface area (Å²) in [6, 6.07) is 10.4. The predicted molar refractivity (Wildman–Crippen MR) is 100 cm³/mol. The highest BCUT2D eigenvalue weighted by Gasteiger charge is 2.31. The molecule has 140 valence electrons. The van der Waals surface area contributed by atoms with E-state index in [9.17, 15) is 22.8 Å². The van der Waals surface area contributed by atoms with Crippen LogP contribution in [0.5, 0.6) is 0 Å². The van der Waals surface area contributed by atoms with Gasteiger partial charge in [0.25, 0.3) is 10.0 Å². The summed E-state index contributed by atoms with van der Waals surface area (Å²) >= 11 is 0. The quantitative estimate of drug-likeness (QED) is 0.629. The van der Waals surface area contributed by atoms with Crippen molar-refractivity contribution in [2.75, 3.05) is 9.62 Å².